The summed E-state index contributed by atoms with van der Waals surface area (Å²) in [5.41, 5.74) is 0.834. The van der Waals surface area contributed by atoms with Crippen LogP contribution >= 0.6 is 11.3 Å². The number of carbonyl (C=O) groups is 1. The average Bonchev–Trinajstić information content (AvgIpc) is 3.26. The van der Waals surface area contributed by atoms with E-state index < -0.39 is 22.0 Å². The molecule has 0 aliphatic heterocycles. The minimum absolute atomic E-state index is 0.103. The lowest BCUT2D eigenvalue weighted by Gasteiger charge is -2.18. The Labute approximate surface area is 190 Å². The maximum Gasteiger partial charge on any atom is 0.244 e. The molecule has 164 valence electrons. The molecule has 0 bridgehead atoms. The zero-order chi connectivity index (χ0) is 22.6. The van der Waals surface area contributed by atoms with Crippen molar-refractivity contribution in [2.45, 2.75) is 30.7 Å². The molecule has 0 saturated carbocycles. The van der Waals surface area contributed by atoms with Crippen LogP contribution in [0.2, 0.25) is 0 Å². The van der Waals surface area contributed by atoms with Crippen LogP contribution in [0.5, 0.6) is 0 Å². The topological polar surface area (TPSA) is 101 Å². The summed E-state index contributed by atoms with van der Waals surface area (Å²) in [7, 11) is -3.95. The minimum atomic E-state index is -3.95. The van der Waals surface area contributed by atoms with Crippen LogP contribution in [-0.4, -0.2) is 30.6 Å². The van der Waals surface area contributed by atoms with Gasteiger partial charge in [0.25, 0.3) is 0 Å². The molecule has 1 atom stereocenters. The highest BCUT2D eigenvalue weighted by Crippen LogP contribution is 2.20. The summed E-state index contributed by atoms with van der Waals surface area (Å²) >= 11 is 1.27. The fourth-order valence-corrected chi connectivity index (χ4v) is 5.18. The SMILES string of the molecule is CCc1nnc(NC(=O)C(Cc2ccccc2)NS(=O)(=O)c2ccc3ccccc3c2)s1. The Balaban J connectivity index is 1.61. The molecule has 3 aromatic carbocycles. The molecule has 0 radical (unpaired) electrons. The van der Waals surface area contributed by atoms with Crippen LogP contribution < -0.4 is 10.0 Å². The lowest BCUT2D eigenvalue weighted by Crippen LogP contribution is -2.45. The number of hydrogen-bond donors (Lipinski definition) is 2. The molecule has 9 heteroatoms. The van der Waals surface area contributed by atoms with Crippen LogP contribution in [0.25, 0.3) is 10.8 Å². The summed E-state index contributed by atoms with van der Waals surface area (Å²) in [6, 6.07) is 20.7. The third-order valence-electron chi connectivity index (χ3n) is 4.93. The number of aromatic nitrogens is 2. The van der Waals surface area contributed by atoms with Gasteiger partial charge in [-0.05, 0) is 41.3 Å². The Kier molecular flexibility index (Phi) is 6.59. The summed E-state index contributed by atoms with van der Waals surface area (Å²) in [5.74, 6) is -0.489. The summed E-state index contributed by atoms with van der Waals surface area (Å²) in [6.07, 6.45) is 0.897. The largest absolute Gasteiger partial charge is 0.299 e. The second-order valence-corrected chi connectivity index (χ2v) is 9.99. The molecule has 0 fully saturated rings. The highest BCUT2D eigenvalue weighted by Gasteiger charge is 2.27. The van der Waals surface area contributed by atoms with Gasteiger partial charge in [-0.15, -0.1) is 10.2 Å². The van der Waals surface area contributed by atoms with E-state index in [1.54, 1.807) is 18.2 Å². The van der Waals surface area contributed by atoms with Crippen molar-refractivity contribution in [1.29, 1.82) is 0 Å². The van der Waals surface area contributed by atoms with Crippen LogP contribution in [0.4, 0.5) is 5.13 Å². The van der Waals surface area contributed by atoms with Crippen molar-refractivity contribution in [3.05, 3.63) is 83.4 Å². The predicted octanol–water partition coefficient (Wildman–Crippen LogP) is 3.78. The van der Waals surface area contributed by atoms with Gasteiger partial charge in [0, 0.05) is 0 Å². The van der Waals surface area contributed by atoms with E-state index in [2.05, 4.69) is 20.2 Å². The second kappa shape index (κ2) is 9.56. The first-order valence-electron chi connectivity index (χ1n) is 10.1. The van der Waals surface area contributed by atoms with Crippen LogP contribution in [0, 0.1) is 0 Å². The van der Waals surface area contributed by atoms with Gasteiger partial charge in [-0.1, -0.05) is 78.9 Å². The number of aryl methyl sites for hydroxylation is 1. The summed E-state index contributed by atoms with van der Waals surface area (Å²) in [6.45, 7) is 1.95. The van der Waals surface area contributed by atoms with E-state index in [9.17, 15) is 13.2 Å². The van der Waals surface area contributed by atoms with Gasteiger partial charge in [-0.3, -0.25) is 10.1 Å². The summed E-state index contributed by atoms with van der Waals surface area (Å²) in [5, 5.41) is 13.5. The molecule has 4 rings (SSSR count). The average molecular weight is 467 g/mol. The van der Waals surface area contributed by atoms with Crippen molar-refractivity contribution < 1.29 is 13.2 Å². The molecule has 1 heterocycles. The zero-order valence-electron chi connectivity index (χ0n) is 17.4. The first-order chi connectivity index (χ1) is 15.4. The van der Waals surface area contributed by atoms with Gasteiger partial charge in [-0.2, -0.15) is 4.72 Å². The molecular weight excluding hydrogens is 444 g/mol. The van der Waals surface area contributed by atoms with Crippen molar-refractivity contribution in [2.24, 2.45) is 0 Å². The standard InChI is InChI=1S/C23H22N4O3S2/c1-2-21-25-26-23(31-21)24-22(28)20(14-16-8-4-3-5-9-16)27-32(29,30)19-13-12-17-10-6-7-11-18(17)15-19/h3-13,15,20,27H,2,14H2,1H3,(H,24,26,28). The molecule has 1 aromatic heterocycles. The zero-order valence-corrected chi connectivity index (χ0v) is 19.0. The Morgan fingerprint density at radius 2 is 1.69 bits per heavy atom. The Morgan fingerprint density at radius 1 is 0.969 bits per heavy atom. The molecule has 0 aliphatic rings. The van der Waals surface area contributed by atoms with E-state index in [4.69, 9.17) is 0 Å². The van der Waals surface area contributed by atoms with Gasteiger partial charge in [0.15, 0.2) is 0 Å². The lowest BCUT2D eigenvalue weighted by molar-refractivity contribution is -0.117. The molecule has 32 heavy (non-hydrogen) atoms. The monoisotopic (exact) mass is 466 g/mol. The molecule has 1 amide bonds. The maximum atomic E-state index is 13.2. The number of benzene rings is 3. The number of hydrogen-bond acceptors (Lipinski definition) is 6. The highest BCUT2D eigenvalue weighted by atomic mass is 32.2. The van der Waals surface area contributed by atoms with Crippen molar-refractivity contribution in [3.63, 3.8) is 0 Å². The van der Waals surface area contributed by atoms with Crippen molar-refractivity contribution in [2.75, 3.05) is 5.32 Å². The number of fused-ring (bicyclic) bond motifs is 1. The fraction of sp³-hybridized carbons (Fsp3) is 0.174. The van der Waals surface area contributed by atoms with Gasteiger partial charge >= 0.3 is 0 Å². The lowest BCUT2D eigenvalue weighted by atomic mass is 10.1. The van der Waals surface area contributed by atoms with E-state index in [1.807, 2.05) is 61.5 Å². The molecule has 0 spiro atoms. The Morgan fingerprint density at radius 3 is 2.41 bits per heavy atom. The van der Waals surface area contributed by atoms with E-state index in [1.165, 1.54) is 11.3 Å². The third-order valence-corrected chi connectivity index (χ3v) is 7.38. The van der Waals surface area contributed by atoms with Gasteiger partial charge in [0.05, 0.1) is 4.90 Å². The number of carbonyl (C=O) groups excluding carboxylic acids is 1. The first kappa shape index (κ1) is 22.1. The molecule has 0 aliphatic carbocycles. The Hall–Kier alpha value is -3.14. The highest BCUT2D eigenvalue weighted by molar-refractivity contribution is 7.89. The van der Waals surface area contributed by atoms with Crippen LogP contribution in [0.15, 0.2) is 77.7 Å². The Bertz CT molecular complexity index is 1340. The number of anilines is 1. The van der Waals surface area contributed by atoms with Gasteiger partial charge in [0.2, 0.25) is 21.1 Å². The molecule has 2 N–H and O–H groups in total. The molecular formula is C23H22N4O3S2. The second-order valence-electron chi connectivity index (χ2n) is 7.22. The number of amides is 1. The normalized spacial score (nSPS) is 12.5. The van der Waals surface area contributed by atoms with Gasteiger partial charge in [0.1, 0.15) is 11.0 Å². The van der Waals surface area contributed by atoms with E-state index >= 15 is 0 Å². The van der Waals surface area contributed by atoms with E-state index in [-0.39, 0.29) is 11.3 Å². The van der Waals surface area contributed by atoms with Crippen LogP contribution in [0.3, 0.4) is 0 Å². The van der Waals surface area contributed by atoms with Crippen molar-refractivity contribution in [3.8, 4) is 0 Å². The molecule has 4 aromatic rings. The summed E-state index contributed by atoms with van der Waals surface area (Å²) < 4.78 is 28.9. The predicted molar refractivity (Wildman–Crippen MR) is 126 cm³/mol. The van der Waals surface area contributed by atoms with Crippen molar-refractivity contribution in [1.82, 2.24) is 14.9 Å². The van der Waals surface area contributed by atoms with Gasteiger partial charge in [-0.25, -0.2) is 8.42 Å². The first-order valence-corrected chi connectivity index (χ1v) is 12.4. The van der Waals surface area contributed by atoms with Crippen molar-refractivity contribution >= 4 is 43.2 Å². The number of sulfonamides is 1. The third kappa shape index (κ3) is 5.18. The van der Waals surface area contributed by atoms with E-state index in [0.717, 1.165) is 21.3 Å². The molecule has 1 unspecified atom stereocenters. The van der Waals surface area contributed by atoms with Crippen LogP contribution in [-0.2, 0) is 27.7 Å². The minimum Gasteiger partial charge on any atom is -0.299 e. The fourth-order valence-electron chi connectivity index (χ4n) is 3.27. The van der Waals surface area contributed by atoms with E-state index in [0.29, 0.717) is 11.6 Å². The summed E-state index contributed by atoms with van der Waals surface area (Å²) in [4.78, 5) is 13.1. The maximum absolute atomic E-state index is 13.2. The van der Waals surface area contributed by atoms with Gasteiger partial charge < -0.3 is 0 Å². The number of rotatable bonds is 8. The quantitative estimate of drug-likeness (QED) is 0.412. The molecule has 0 saturated heterocycles. The van der Waals surface area contributed by atoms with Crippen LogP contribution in [0.1, 0.15) is 17.5 Å². The smallest absolute Gasteiger partial charge is 0.244 e. The number of nitrogens with zero attached hydrogens (tertiary/aromatic N) is 2. The number of nitrogens with one attached hydrogen (secondary N) is 2. The molecule has 7 nitrogen and oxygen atoms in total.